The lowest BCUT2D eigenvalue weighted by atomic mass is 9.87. The molecular weight excluding hydrogens is 234 g/mol. The number of aryl methyl sites for hydroxylation is 1. The Morgan fingerprint density at radius 2 is 2.00 bits per heavy atom. The van der Waals surface area contributed by atoms with Gasteiger partial charge in [0.1, 0.15) is 5.75 Å². The van der Waals surface area contributed by atoms with Gasteiger partial charge in [-0.05, 0) is 67.8 Å². The van der Waals surface area contributed by atoms with Crippen LogP contribution in [0, 0.1) is 5.92 Å². The molecule has 0 aliphatic heterocycles. The molecule has 0 saturated heterocycles. The van der Waals surface area contributed by atoms with Crippen LogP contribution >= 0.6 is 0 Å². The highest BCUT2D eigenvalue weighted by atomic mass is 16.5. The molecule has 0 aromatic heterocycles. The third-order valence-corrected chi connectivity index (χ3v) is 4.80. The van der Waals surface area contributed by atoms with Crippen LogP contribution in [0.4, 0.5) is 0 Å². The highest BCUT2D eigenvalue weighted by Crippen LogP contribution is 2.33. The first-order valence-electron chi connectivity index (χ1n) is 7.77. The highest BCUT2D eigenvalue weighted by Gasteiger charge is 2.22. The Bertz CT molecular complexity index is 423. The average molecular weight is 259 g/mol. The third-order valence-electron chi connectivity index (χ3n) is 4.80. The van der Waals surface area contributed by atoms with Crippen molar-refractivity contribution in [3.63, 3.8) is 0 Å². The van der Waals surface area contributed by atoms with Crippen LogP contribution in [-0.4, -0.2) is 13.7 Å². The molecule has 3 rings (SSSR count). The standard InChI is InChI=1S/C17H25NO/c1-19-15-10-9-14-7-4-8-17(16(14)11-15)18-12-13-5-2-3-6-13/h9-11,13,17-18H,2-8,12H2,1H3. The minimum atomic E-state index is 0.541. The van der Waals surface area contributed by atoms with Gasteiger partial charge in [0.05, 0.1) is 7.11 Å². The van der Waals surface area contributed by atoms with Gasteiger partial charge in [-0.2, -0.15) is 0 Å². The van der Waals surface area contributed by atoms with E-state index in [1.807, 2.05) is 0 Å². The van der Waals surface area contributed by atoms with E-state index in [-0.39, 0.29) is 0 Å². The lowest BCUT2D eigenvalue weighted by molar-refractivity contribution is 0.394. The fraction of sp³-hybridized carbons (Fsp3) is 0.647. The Kier molecular flexibility index (Phi) is 4.07. The van der Waals surface area contributed by atoms with Gasteiger partial charge < -0.3 is 10.1 Å². The number of methoxy groups -OCH3 is 1. The second-order valence-corrected chi connectivity index (χ2v) is 6.07. The first kappa shape index (κ1) is 13.0. The molecule has 2 aliphatic carbocycles. The topological polar surface area (TPSA) is 21.3 Å². The third kappa shape index (κ3) is 2.94. The molecule has 1 unspecified atom stereocenters. The van der Waals surface area contributed by atoms with E-state index in [0.29, 0.717) is 6.04 Å². The van der Waals surface area contributed by atoms with Crippen LogP contribution < -0.4 is 10.1 Å². The van der Waals surface area contributed by atoms with E-state index in [1.54, 1.807) is 7.11 Å². The van der Waals surface area contributed by atoms with Crippen molar-refractivity contribution in [1.29, 1.82) is 0 Å². The summed E-state index contributed by atoms with van der Waals surface area (Å²) in [6.45, 7) is 1.20. The molecule has 2 heteroatoms. The molecule has 19 heavy (non-hydrogen) atoms. The number of ether oxygens (including phenoxy) is 1. The van der Waals surface area contributed by atoms with Gasteiger partial charge in [-0.25, -0.2) is 0 Å². The zero-order valence-electron chi connectivity index (χ0n) is 12.0. The van der Waals surface area contributed by atoms with E-state index in [1.165, 1.54) is 62.6 Å². The van der Waals surface area contributed by atoms with Crippen molar-refractivity contribution in [1.82, 2.24) is 5.32 Å². The molecule has 1 fully saturated rings. The Hall–Kier alpha value is -1.02. The van der Waals surface area contributed by atoms with Crippen molar-refractivity contribution in [3.05, 3.63) is 29.3 Å². The SMILES string of the molecule is COc1ccc2c(c1)C(NCC1CCCC1)CCC2. The molecule has 1 saturated carbocycles. The second kappa shape index (κ2) is 5.96. The summed E-state index contributed by atoms with van der Waals surface area (Å²) < 4.78 is 5.38. The Morgan fingerprint density at radius 1 is 1.16 bits per heavy atom. The molecule has 1 atom stereocenters. The molecule has 1 aromatic carbocycles. The smallest absolute Gasteiger partial charge is 0.119 e. The van der Waals surface area contributed by atoms with Gasteiger partial charge in [0, 0.05) is 6.04 Å². The summed E-state index contributed by atoms with van der Waals surface area (Å²) in [6.07, 6.45) is 9.51. The van der Waals surface area contributed by atoms with E-state index < -0.39 is 0 Å². The lowest BCUT2D eigenvalue weighted by Gasteiger charge is -2.28. The fourth-order valence-electron chi connectivity index (χ4n) is 3.64. The summed E-state index contributed by atoms with van der Waals surface area (Å²) in [5.41, 5.74) is 2.99. The van der Waals surface area contributed by atoms with Crippen LogP contribution in [0.3, 0.4) is 0 Å². The van der Waals surface area contributed by atoms with Gasteiger partial charge in [0.2, 0.25) is 0 Å². The minimum absolute atomic E-state index is 0.541. The van der Waals surface area contributed by atoms with Gasteiger partial charge in [-0.15, -0.1) is 0 Å². The number of rotatable bonds is 4. The van der Waals surface area contributed by atoms with E-state index >= 15 is 0 Å². The molecule has 2 aliphatic rings. The first-order chi connectivity index (χ1) is 9.36. The molecule has 0 radical (unpaired) electrons. The maximum absolute atomic E-state index is 5.38. The first-order valence-corrected chi connectivity index (χ1v) is 7.77. The molecule has 1 aromatic rings. The van der Waals surface area contributed by atoms with Gasteiger partial charge in [-0.3, -0.25) is 0 Å². The summed E-state index contributed by atoms with van der Waals surface area (Å²) in [5.74, 6) is 1.91. The van der Waals surface area contributed by atoms with Crippen LogP contribution in [0.2, 0.25) is 0 Å². The fourth-order valence-corrected chi connectivity index (χ4v) is 3.64. The molecule has 0 amide bonds. The summed E-state index contributed by atoms with van der Waals surface area (Å²) in [5, 5.41) is 3.82. The highest BCUT2D eigenvalue weighted by molar-refractivity contribution is 5.39. The van der Waals surface area contributed by atoms with Crippen LogP contribution in [0.5, 0.6) is 5.75 Å². The van der Waals surface area contributed by atoms with Crippen LogP contribution in [0.25, 0.3) is 0 Å². The van der Waals surface area contributed by atoms with Crippen molar-refractivity contribution in [2.24, 2.45) is 5.92 Å². The van der Waals surface area contributed by atoms with Gasteiger partial charge >= 0.3 is 0 Å². The number of fused-ring (bicyclic) bond motifs is 1. The normalized spacial score (nSPS) is 23.3. The second-order valence-electron chi connectivity index (χ2n) is 6.07. The maximum Gasteiger partial charge on any atom is 0.119 e. The zero-order chi connectivity index (χ0) is 13.1. The lowest BCUT2D eigenvalue weighted by Crippen LogP contribution is -2.29. The summed E-state index contributed by atoms with van der Waals surface area (Å²) in [4.78, 5) is 0. The Balaban J connectivity index is 1.69. The van der Waals surface area contributed by atoms with Gasteiger partial charge in [-0.1, -0.05) is 18.9 Å². The van der Waals surface area contributed by atoms with Crippen molar-refractivity contribution in [3.8, 4) is 5.75 Å². The summed E-state index contributed by atoms with van der Waals surface area (Å²) >= 11 is 0. The quantitative estimate of drug-likeness (QED) is 0.886. The number of benzene rings is 1. The van der Waals surface area contributed by atoms with Crippen molar-refractivity contribution >= 4 is 0 Å². The number of nitrogens with one attached hydrogen (secondary N) is 1. The predicted molar refractivity (Wildman–Crippen MR) is 78.6 cm³/mol. The van der Waals surface area contributed by atoms with Crippen LogP contribution in [0.1, 0.15) is 55.7 Å². The molecule has 1 N–H and O–H groups in total. The Labute approximate surface area is 116 Å². The van der Waals surface area contributed by atoms with Gasteiger partial charge in [0.15, 0.2) is 0 Å². The Morgan fingerprint density at radius 3 is 2.79 bits per heavy atom. The predicted octanol–water partition coefficient (Wildman–Crippen LogP) is 3.85. The monoisotopic (exact) mass is 259 g/mol. The summed E-state index contributed by atoms with van der Waals surface area (Å²) in [7, 11) is 1.76. The largest absolute Gasteiger partial charge is 0.497 e. The zero-order valence-corrected chi connectivity index (χ0v) is 12.0. The van der Waals surface area contributed by atoms with Crippen molar-refractivity contribution < 1.29 is 4.74 Å². The van der Waals surface area contributed by atoms with E-state index in [4.69, 9.17) is 4.74 Å². The van der Waals surface area contributed by atoms with Crippen LogP contribution in [0.15, 0.2) is 18.2 Å². The maximum atomic E-state index is 5.38. The average Bonchev–Trinajstić information content (AvgIpc) is 2.97. The van der Waals surface area contributed by atoms with Gasteiger partial charge in [0.25, 0.3) is 0 Å². The van der Waals surface area contributed by atoms with E-state index in [0.717, 1.165) is 11.7 Å². The molecule has 0 spiro atoms. The molecule has 2 nitrogen and oxygen atoms in total. The molecule has 104 valence electrons. The van der Waals surface area contributed by atoms with Crippen LogP contribution in [-0.2, 0) is 6.42 Å². The number of hydrogen-bond acceptors (Lipinski definition) is 2. The molecular formula is C17H25NO. The van der Waals surface area contributed by atoms with E-state index in [2.05, 4.69) is 23.5 Å². The van der Waals surface area contributed by atoms with Crippen molar-refractivity contribution in [2.45, 2.75) is 51.0 Å². The summed E-state index contributed by atoms with van der Waals surface area (Å²) in [6, 6.07) is 7.12. The van der Waals surface area contributed by atoms with E-state index in [9.17, 15) is 0 Å². The number of hydrogen-bond donors (Lipinski definition) is 1. The molecule has 0 heterocycles. The molecule has 0 bridgehead atoms. The van der Waals surface area contributed by atoms with Crippen molar-refractivity contribution in [2.75, 3.05) is 13.7 Å². The minimum Gasteiger partial charge on any atom is -0.497 e.